The fourth-order valence-corrected chi connectivity index (χ4v) is 1.27. The van der Waals surface area contributed by atoms with Crippen LogP contribution in [0.15, 0.2) is 29.2 Å². The van der Waals surface area contributed by atoms with Gasteiger partial charge in [-0.15, -0.1) is 0 Å². The average Bonchev–Trinajstić information content (AvgIpc) is 1.88. The Kier molecular flexibility index (Phi) is 2.29. The van der Waals surface area contributed by atoms with Crippen molar-refractivity contribution in [3.8, 4) is 5.75 Å². The van der Waals surface area contributed by atoms with Crippen molar-refractivity contribution in [2.24, 2.45) is 0 Å². The van der Waals surface area contributed by atoms with Gasteiger partial charge in [0.2, 0.25) is 0 Å². The minimum atomic E-state index is -1.53. The van der Waals surface area contributed by atoms with Crippen molar-refractivity contribution in [3.05, 3.63) is 24.3 Å². The van der Waals surface area contributed by atoms with Crippen molar-refractivity contribution in [2.75, 3.05) is 0 Å². The molecular weight excluding hydrogens is 172 g/mol. The Morgan fingerprint density at radius 3 is 2.60 bits per heavy atom. The van der Waals surface area contributed by atoms with Gasteiger partial charge in [0.05, 0.1) is 4.90 Å². The molecule has 1 atom stereocenters. The third kappa shape index (κ3) is 1.72. The zero-order valence-electron chi connectivity index (χ0n) is 4.95. The predicted molar refractivity (Wildman–Crippen MR) is 40.4 cm³/mol. The zero-order chi connectivity index (χ0) is 7.56. The van der Waals surface area contributed by atoms with E-state index in [1.54, 1.807) is 12.1 Å². The smallest absolute Gasteiger partial charge is 0.147 e. The highest BCUT2D eigenvalue weighted by Crippen LogP contribution is 2.15. The molecule has 1 aromatic rings. The Balaban J connectivity index is 3.07. The van der Waals surface area contributed by atoms with E-state index in [2.05, 4.69) is 0 Å². The van der Waals surface area contributed by atoms with Gasteiger partial charge in [-0.2, -0.15) is 0 Å². The van der Waals surface area contributed by atoms with Crippen LogP contribution in [0.4, 0.5) is 0 Å². The first-order chi connectivity index (χ1) is 4.70. The number of rotatable bonds is 1. The predicted octanol–water partition coefficient (Wildman–Crippen LogP) is 1.65. The third-order valence-electron chi connectivity index (χ3n) is 1.00. The van der Waals surface area contributed by atoms with Crippen LogP contribution in [0, 0.1) is 0 Å². The molecule has 0 bridgehead atoms. The number of halogens is 1. The van der Waals surface area contributed by atoms with Crippen molar-refractivity contribution in [2.45, 2.75) is 4.90 Å². The molecule has 1 N–H and O–H groups in total. The van der Waals surface area contributed by atoms with Gasteiger partial charge in [-0.3, -0.25) is 0 Å². The molecule has 0 saturated carbocycles. The maximum absolute atomic E-state index is 10.6. The van der Waals surface area contributed by atoms with E-state index in [4.69, 9.17) is 15.8 Å². The summed E-state index contributed by atoms with van der Waals surface area (Å²) in [6, 6.07) is 6.03. The second-order valence-corrected chi connectivity index (χ2v) is 3.48. The van der Waals surface area contributed by atoms with Crippen LogP contribution in [-0.2, 0) is 10.0 Å². The van der Waals surface area contributed by atoms with Gasteiger partial charge in [0, 0.05) is 0 Å². The summed E-state index contributed by atoms with van der Waals surface area (Å²) in [6.45, 7) is 0. The lowest BCUT2D eigenvalue weighted by atomic mass is 10.3. The van der Waals surface area contributed by atoms with E-state index in [0.29, 0.717) is 4.90 Å². The molecule has 0 spiro atoms. The Morgan fingerprint density at radius 2 is 2.20 bits per heavy atom. The molecule has 0 aromatic heterocycles. The lowest BCUT2D eigenvalue weighted by Crippen LogP contribution is -1.78. The van der Waals surface area contributed by atoms with Crippen LogP contribution in [0.25, 0.3) is 0 Å². The highest BCUT2D eigenvalue weighted by Gasteiger charge is 1.98. The lowest BCUT2D eigenvalue weighted by Gasteiger charge is -1.93. The zero-order valence-corrected chi connectivity index (χ0v) is 6.52. The van der Waals surface area contributed by atoms with E-state index in [0.717, 1.165) is 0 Å². The first-order valence-corrected chi connectivity index (χ1v) is 4.55. The van der Waals surface area contributed by atoms with Crippen molar-refractivity contribution < 1.29 is 9.32 Å². The van der Waals surface area contributed by atoms with E-state index in [1.165, 1.54) is 12.1 Å². The Morgan fingerprint density at radius 1 is 1.50 bits per heavy atom. The fraction of sp³-hybridized carbons (Fsp3) is 0. The van der Waals surface area contributed by atoms with Gasteiger partial charge in [0.1, 0.15) is 15.8 Å². The second-order valence-electron chi connectivity index (χ2n) is 1.72. The number of benzene rings is 1. The number of hydrogen-bond donors (Lipinski definition) is 1. The Bertz CT molecular complexity index is 262. The van der Waals surface area contributed by atoms with Crippen LogP contribution in [0.2, 0.25) is 0 Å². The fourth-order valence-electron chi connectivity index (χ4n) is 0.583. The monoisotopic (exact) mass is 176 g/mol. The molecular formula is C6H5ClO2S. The number of phenols is 1. The molecule has 0 heterocycles. The summed E-state index contributed by atoms with van der Waals surface area (Å²) in [5, 5.41) is 8.87. The quantitative estimate of drug-likeness (QED) is 0.661. The molecule has 2 nitrogen and oxygen atoms in total. The van der Waals surface area contributed by atoms with Gasteiger partial charge in [-0.25, -0.2) is 4.21 Å². The van der Waals surface area contributed by atoms with Crippen LogP contribution in [0.1, 0.15) is 0 Å². The van der Waals surface area contributed by atoms with Crippen molar-refractivity contribution in [1.82, 2.24) is 0 Å². The summed E-state index contributed by atoms with van der Waals surface area (Å²) in [5.41, 5.74) is 0. The van der Waals surface area contributed by atoms with Gasteiger partial charge < -0.3 is 5.11 Å². The summed E-state index contributed by atoms with van der Waals surface area (Å²) in [5.74, 6) is 0.0755. The first-order valence-electron chi connectivity index (χ1n) is 2.57. The summed E-state index contributed by atoms with van der Waals surface area (Å²) in [6.07, 6.45) is 0. The highest BCUT2D eigenvalue weighted by molar-refractivity contribution is 8.08. The Labute approximate surface area is 65.4 Å². The van der Waals surface area contributed by atoms with Gasteiger partial charge in [0.15, 0.2) is 0 Å². The topological polar surface area (TPSA) is 37.3 Å². The van der Waals surface area contributed by atoms with Crippen LogP contribution in [-0.4, -0.2) is 9.32 Å². The van der Waals surface area contributed by atoms with Crippen molar-refractivity contribution in [3.63, 3.8) is 0 Å². The number of aromatic hydroxyl groups is 1. The molecule has 4 heteroatoms. The second kappa shape index (κ2) is 3.03. The maximum Gasteiger partial charge on any atom is 0.147 e. The van der Waals surface area contributed by atoms with Crippen molar-refractivity contribution in [1.29, 1.82) is 0 Å². The highest BCUT2D eigenvalue weighted by atomic mass is 35.7. The summed E-state index contributed by atoms with van der Waals surface area (Å²) >= 11 is 0. The van der Waals surface area contributed by atoms with Gasteiger partial charge in [-0.1, -0.05) is 6.07 Å². The molecule has 54 valence electrons. The largest absolute Gasteiger partial charge is 0.508 e. The summed E-state index contributed by atoms with van der Waals surface area (Å²) < 4.78 is 10.6. The molecule has 1 unspecified atom stereocenters. The standard InChI is InChI=1S/C6H5ClO2S/c7-10(9)6-3-1-2-5(8)4-6/h1-4,8H. The number of hydrogen-bond acceptors (Lipinski definition) is 2. The number of phenolic OH excluding ortho intramolecular Hbond substituents is 1. The van der Waals surface area contributed by atoms with E-state index in [1.807, 2.05) is 0 Å². The third-order valence-corrected chi connectivity index (χ3v) is 2.16. The lowest BCUT2D eigenvalue weighted by molar-refractivity contribution is 0.473. The van der Waals surface area contributed by atoms with Crippen LogP contribution >= 0.6 is 10.7 Å². The van der Waals surface area contributed by atoms with Crippen LogP contribution in [0.5, 0.6) is 5.75 Å². The van der Waals surface area contributed by atoms with Gasteiger partial charge in [0.25, 0.3) is 0 Å². The molecule has 10 heavy (non-hydrogen) atoms. The molecule has 0 radical (unpaired) electrons. The first kappa shape index (κ1) is 7.57. The van der Waals surface area contributed by atoms with E-state index in [9.17, 15) is 4.21 Å². The molecule has 0 amide bonds. The molecule has 0 aliphatic heterocycles. The maximum atomic E-state index is 10.6. The van der Waals surface area contributed by atoms with Crippen LogP contribution in [0.3, 0.4) is 0 Å². The molecule has 0 aliphatic carbocycles. The molecule has 1 rings (SSSR count). The van der Waals surface area contributed by atoms with Crippen LogP contribution < -0.4 is 0 Å². The Hall–Kier alpha value is -0.540. The molecule has 0 fully saturated rings. The van der Waals surface area contributed by atoms with Gasteiger partial charge >= 0.3 is 0 Å². The van der Waals surface area contributed by atoms with E-state index >= 15 is 0 Å². The minimum absolute atomic E-state index is 0.0755. The minimum Gasteiger partial charge on any atom is -0.508 e. The molecule has 1 aromatic carbocycles. The normalized spacial score (nSPS) is 12.9. The SMILES string of the molecule is O=S(Cl)c1cccc(O)c1. The molecule has 0 aliphatic rings. The van der Waals surface area contributed by atoms with E-state index < -0.39 is 10.0 Å². The van der Waals surface area contributed by atoms with E-state index in [-0.39, 0.29) is 5.75 Å². The summed E-state index contributed by atoms with van der Waals surface area (Å²) in [4.78, 5) is 0.418. The average molecular weight is 177 g/mol. The van der Waals surface area contributed by atoms with Crippen molar-refractivity contribution >= 4 is 20.7 Å². The molecule has 0 saturated heterocycles. The van der Waals surface area contributed by atoms with Gasteiger partial charge in [-0.05, 0) is 28.9 Å². The summed E-state index contributed by atoms with van der Waals surface area (Å²) in [7, 11) is 3.71.